The fourth-order valence-corrected chi connectivity index (χ4v) is 2.25. The van der Waals surface area contributed by atoms with Gasteiger partial charge in [0.2, 0.25) is 0 Å². The molecule has 2 rings (SSSR count). The van der Waals surface area contributed by atoms with Crippen molar-refractivity contribution in [3.8, 4) is 0 Å². The van der Waals surface area contributed by atoms with Crippen molar-refractivity contribution in [1.82, 2.24) is 0 Å². The van der Waals surface area contributed by atoms with Crippen molar-refractivity contribution in [2.24, 2.45) is 0 Å². The van der Waals surface area contributed by atoms with E-state index in [1.165, 1.54) is 11.6 Å². The molecule has 21 heavy (non-hydrogen) atoms. The van der Waals surface area contributed by atoms with E-state index in [1.54, 1.807) is 12.1 Å². The zero-order valence-electron chi connectivity index (χ0n) is 12.4. The van der Waals surface area contributed by atoms with Crippen LogP contribution in [-0.4, -0.2) is 10.5 Å². The summed E-state index contributed by atoms with van der Waals surface area (Å²) in [5.41, 5.74) is 2.05. The number of rotatable bonds is 6. The molecule has 0 aliphatic carbocycles. The Balaban J connectivity index is 2.00. The molecule has 0 heterocycles. The Morgan fingerprint density at radius 1 is 1.10 bits per heavy atom. The molecule has 2 aromatic rings. The number of nitro groups is 1. The van der Waals surface area contributed by atoms with Crippen LogP contribution in [0.4, 0.5) is 11.4 Å². The minimum Gasteiger partial charge on any atom is -0.380 e. The second-order valence-corrected chi connectivity index (χ2v) is 5.80. The van der Waals surface area contributed by atoms with E-state index in [4.69, 9.17) is 0 Å². The summed E-state index contributed by atoms with van der Waals surface area (Å²) in [6, 6.07) is 17.0. The Labute approximate surface area is 125 Å². The Bertz CT molecular complexity index is 609. The monoisotopic (exact) mass is 284 g/mol. The lowest BCUT2D eigenvalue weighted by Gasteiger charge is -2.27. The fourth-order valence-electron chi connectivity index (χ4n) is 2.25. The van der Waals surface area contributed by atoms with Crippen LogP contribution in [0.25, 0.3) is 0 Å². The van der Waals surface area contributed by atoms with Crippen LogP contribution in [0.15, 0.2) is 54.6 Å². The number of nitrogens with one attached hydrogen (secondary N) is 1. The largest absolute Gasteiger partial charge is 0.380 e. The summed E-state index contributed by atoms with van der Waals surface area (Å²) in [6.45, 7) is 4.21. The summed E-state index contributed by atoms with van der Waals surface area (Å²) in [6.07, 6.45) is 1.91. The maximum absolute atomic E-state index is 10.8. The Morgan fingerprint density at radius 3 is 2.48 bits per heavy atom. The van der Waals surface area contributed by atoms with E-state index in [1.807, 2.05) is 24.3 Å². The van der Waals surface area contributed by atoms with E-state index < -0.39 is 0 Å². The molecule has 2 aromatic carbocycles. The summed E-state index contributed by atoms with van der Waals surface area (Å²) < 4.78 is 0. The molecule has 0 saturated carbocycles. The predicted octanol–water partition coefficient (Wildman–Crippen LogP) is 4.42. The van der Waals surface area contributed by atoms with Gasteiger partial charge < -0.3 is 5.32 Å². The van der Waals surface area contributed by atoms with Crippen LogP contribution in [0.2, 0.25) is 0 Å². The molecule has 0 aromatic heterocycles. The van der Waals surface area contributed by atoms with Gasteiger partial charge >= 0.3 is 0 Å². The fraction of sp³-hybridized carbons (Fsp3) is 0.294. The van der Waals surface area contributed by atoms with Gasteiger partial charge in [-0.15, -0.1) is 0 Å². The molecule has 0 bridgehead atoms. The van der Waals surface area contributed by atoms with Crippen molar-refractivity contribution >= 4 is 11.4 Å². The summed E-state index contributed by atoms with van der Waals surface area (Å²) >= 11 is 0. The van der Waals surface area contributed by atoms with Crippen molar-refractivity contribution in [3.63, 3.8) is 0 Å². The van der Waals surface area contributed by atoms with Gasteiger partial charge in [0.1, 0.15) is 0 Å². The van der Waals surface area contributed by atoms with Crippen molar-refractivity contribution in [2.45, 2.75) is 32.2 Å². The lowest BCUT2D eigenvalue weighted by atomic mass is 9.95. The van der Waals surface area contributed by atoms with Crippen LogP contribution < -0.4 is 5.32 Å². The molecule has 0 aliphatic heterocycles. The number of nitro benzene ring substituents is 1. The highest BCUT2D eigenvalue weighted by Crippen LogP contribution is 2.23. The Morgan fingerprint density at radius 2 is 1.81 bits per heavy atom. The predicted molar refractivity (Wildman–Crippen MR) is 85.6 cm³/mol. The third-order valence-corrected chi connectivity index (χ3v) is 3.42. The average Bonchev–Trinajstić information content (AvgIpc) is 2.46. The molecule has 0 aliphatic rings. The quantitative estimate of drug-likeness (QED) is 0.631. The Kier molecular flexibility index (Phi) is 4.58. The number of non-ortho nitro benzene ring substituents is 1. The second kappa shape index (κ2) is 6.39. The average molecular weight is 284 g/mol. The highest BCUT2D eigenvalue weighted by Gasteiger charge is 2.18. The van der Waals surface area contributed by atoms with E-state index in [0.29, 0.717) is 0 Å². The Hall–Kier alpha value is -2.36. The smallest absolute Gasteiger partial charge is 0.271 e. The van der Waals surface area contributed by atoms with Gasteiger partial charge in [0.15, 0.2) is 0 Å². The van der Waals surface area contributed by atoms with Crippen LogP contribution in [-0.2, 0) is 6.42 Å². The van der Waals surface area contributed by atoms with Gasteiger partial charge in [-0.3, -0.25) is 10.1 Å². The van der Waals surface area contributed by atoms with E-state index in [0.717, 1.165) is 18.5 Å². The molecule has 0 fully saturated rings. The lowest BCUT2D eigenvalue weighted by molar-refractivity contribution is -0.384. The molecule has 4 heteroatoms. The first-order valence-electron chi connectivity index (χ1n) is 7.03. The SMILES string of the molecule is CC(C)(CCc1ccccc1)Nc1cccc([N+](=O)[O-])c1. The molecular weight excluding hydrogens is 264 g/mol. The minimum atomic E-state index is -0.373. The standard InChI is InChI=1S/C17H20N2O2/c1-17(2,12-11-14-7-4-3-5-8-14)18-15-9-6-10-16(13-15)19(20)21/h3-10,13,18H,11-12H2,1-2H3. The van der Waals surface area contributed by atoms with Crippen LogP contribution in [0, 0.1) is 10.1 Å². The van der Waals surface area contributed by atoms with E-state index >= 15 is 0 Å². The summed E-state index contributed by atoms with van der Waals surface area (Å²) in [4.78, 5) is 10.4. The zero-order chi connectivity index (χ0) is 15.3. The first kappa shape index (κ1) is 15.0. The van der Waals surface area contributed by atoms with E-state index in [9.17, 15) is 10.1 Å². The number of hydrogen-bond donors (Lipinski definition) is 1. The normalized spacial score (nSPS) is 11.1. The molecule has 0 radical (unpaired) electrons. The van der Waals surface area contributed by atoms with Crippen molar-refractivity contribution in [1.29, 1.82) is 0 Å². The van der Waals surface area contributed by atoms with Crippen LogP contribution in [0.3, 0.4) is 0 Å². The summed E-state index contributed by atoms with van der Waals surface area (Å²) in [5, 5.41) is 14.2. The van der Waals surface area contributed by atoms with Crippen LogP contribution in [0.1, 0.15) is 25.8 Å². The van der Waals surface area contributed by atoms with Gasteiger partial charge in [-0.2, -0.15) is 0 Å². The molecule has 1 N–H and O–H groups in total. The molecular formula is C17H20N2O2. The van der Waals surface area contributed by atoms with Gasteiger partial charge in [-0.05, 0) is 38.3 Å². The number of anilines is 1. The second-order valence-electron chi connectivity index (χ2n) is 5.80. The maximum Gasteiger partial charge on any atom is 0.271 e. The van der Waals surface area contributed by atoms with Crippen LogP contribution in [0.5, 0.6) is 0 Å². The lowest BCUT2D eigenvalue weighted by Crippen LogP contribution is -2.31. The number of aryl methyl sites for hydroxylation is 1. The zero-order valence-corrected chi connectivity index (χ0v) is 12.4. The number of benzene rings is 2. The van der Waals surface area contributed by atoms with E-state index in [-0.39, 0.29) is 16.1 Å². The van der Waals surface area contributed by atoms with Gasteiger partial charge in [-0.25, -0.2) is 0 Å². The first-order chi connectivity index (χ1) is 9.96. The molecule has 4 nitrogen and oxygen atoms in total. The van der Waals surface area contributed by atoms with Crippen molar-refractivity contribution in [2.75, 3.05) is 5.32 Å². The van der Waals surface area contributed by atoms with Gasteiger partial charge in [-0.1, -0.05) is 36.4 Å². The maximum atomic E-state index is 10.8. The number of nitrogens with zero attached hydrogens (tertiary/aromatic N) is 1. The van der Waals surface area contributed by atoms with Crippen molar-refractivity contribution in [3.05, 3.63) is 70.3 Å². The van der Waals surface area contributed by atoms with Crippen LogP contribution >= 0.6 is 0 Å². The first-order valence-corrected chi connectivity index (χ1v) is 7.03. The third-order valence-electron chi connectivity index (χ3n) is 3.42. The summed E-state index contributed by atoms with van der Waals surface area (Å²) in [7, 11) is 0. The summed E-state index contributed by atoms with van der Waals surface area (Å²) in [5.74, 6) is 0. The highest BCUT2D eigenvalue weighted by atomic mass is 16.6. The topological polar surface area (TPSA) is 55.2 Å². The molecule has 0 saturated heterocycles. The molecule has 0 amide bonds. The van der Waals surface area contributed by atoms with E-state index in [2.05, 4.69) is 31.3 Å². The van der Waals surface area contributed by atoms with Gasteiger partial charge in [0, 0.05) is 23.4 Å². The van der Waals surface area contributed by atoms with Gasteiger partial charge in [0.05, 0.1) is 4.92 Å². The third kappa shape index (κ3) is 4.60. The van der Waals surface area contributed by atoms with Crippen molar-refractivity contribution < 1.29 is 4.92 Å². The molecule has 0 unspecified atom stereocenters. The molecule has 0 spiro atoms. The van der Waals surface area contributed by atoms with Gasteiger partial charge in [0.25, 0.3) is 5.69 Å². The molecule has 110 valence electrons. The molecule has 0 atom stereocenters. The number of hydrogen-bond acceptors (Lipinski definition) is 3. The highest BCUT2D eigenvalue weighted by molar-refractivity contribution is 5.52. The minimum absolute atomic E-state index is 0.110.